The number of hydrogen-bond acceptors (Lipinski definition) is 5. The molecule has 0 aliphatic rings. The molecule has 0 unspecified atom stereocenters. The monoisotopic (exact) mass is 208 g/mol. The third-order valence-corrected chi connectivity index (χ3v) is 2.05. The molecule has 1 N–H and O–H groups in total. The van der Waals surface area contributed by atoms with Crippen LogP contribution in [-0.4, -0.2) is 34.9 Å². The lowest BCUT2D eigenvalue weighted by Gasteiger charge is -2.01. The number of aryl methyl sites for hydroxylation is 1. The predicted molar refractivity (Wildman–Crippen MR) is 50.7 cm³/mol. The first-order chi connectivity index (χ1) is 7.33. The Morgan fingerprint density at radius 1 is 1.47 bits per heavy atom. The molecule has 0 amide bonds. The molecule has 7 heteroatoms. The Morgan fingerprint density at radius 2 is 2.33 bits per heavy atom. The van der Waals surface area contributed by atoms with Gasteiger partial charge < -0.3 is 5.11 Å². The summed E-state index contributed by atoms with van der Waals surface area (Å²) in [6.07, 6.45) is 3.21. The smallest absolute Gasteiger partial charge is 0.148 e. The quantitative estimate of drug-likeness (QED) is 0.727. The third-order valence-electron chi connectivity index (χ3n) is 2.05. The number of hydrogen-bond donors (Lipinski definition) is 1. The van der Waals surface area contributed by atoms with Crippen molar-refractivity contribution in [3.63, 3.8) is 0 Å². The number of nitrogens with zero attached hydrogens (tertiary/aromatic N) is 6. The molecule has 0 bridgehead atoms. The Morgan fingerprint density at radius 3 is 3.00 bits per heavy atom. The molecule has 0 radical (unpaired) electrons. The Bertz CT molecular complexity index is 434. The van der Waals surface area contributed by atoms with Gasteiger partial charge in [0.05, 0.1) is 12.8 Å². The molecule has 2 aromatic heterocycles. The number of aromatic nitrogens is 6. The van der Waals surface area contributed by atoms with Gasteiger partial charge in [0.1, 0.15) is 24.4 Å². The maximum Gasteiger partial charge on any atom is 0.148 e. The van der Waals surface area contributed by atoms with Crippen LogP contribution >= 0.6 is 0 Å². The molecule has 7 nitrogen and oxygen atoms in total. The van der Waals surface area contributed by atoms with E-state index < -0.39 is 0 Å². The van der Waals surface area contributed by atoms with Gasteiger partial charge >= 0.3 is 0 Å². The lowest BCUT2D eigenvalue weighted by atomic mass is 10.5. The summed E-state index contributed by atoms with van der Waals surface area (Å²) in [5.41, 5.74) is 0.553. The van der Waals surface area contributed by atoms with Crippen LogP contribution in [0.5, 0.6) is 0 Å². The molecule has 2 rings (SSSR count). The highest BCUT2D eigenvalue weighted by Gasteiger charge is 2.05. The molecule has 2 heterocycles. The van der Waals surface area contributed by atoms with Crippen molar-refractivity contribution in [3.8, 4) is 0 Å². The first-order valence-electron chi connectivity index (χ1n) is 4.70. The topological polar surface area (TPSA) is 81.7 Å². The third kappa shape index (κ3) is 2.01. The Hall–Kier alpha value is -1.76. The van der Waals surface area contributed by atoms with E-state index >= 15 is 0 Å². The van der Waals surface area contributed by atoms with Crippen LogP contribution in [0, 0.1) is 0 Å². The molecule has 0 atom stereocenters. The van der Waals surface area contributed by atoms with Gasteiger partial charge in [0.25, 0.3) is 0 Å². The molecule has 80 valence electrons. The largest absolute Gasteiger partial charge is 0.390 e. The van der Waals surface area contributed by atoms with Gasteiger partial charge in [0.2, 0.25) is 0 Å². The normalized spacial score (nSPS) is 10.8. The molecule has 15 heavy (non-hydrogen) atoms. The molecule has 0 saturated carbocycles. The maximum absolute atomic E-state index is 8.83. The second-order valence-electron chi connectivity index (χ2n) is 3.06. The van der Waals surface area contributed by atoms with E-state index in [9.17, 15) is 0 Å². The first kappa shape index (κ1) is 9.78. The first-order valence-corrected chi connectivity index (χ1v) is 4.70. The summed E-state index contributed by atoms with van der Waals surface area (Å²) in [7, 11) is 0. The summed E-state index contributed by atoms with van der Waals surface area (Å²) < 4.78 is 3.42. The Labute approximate surface area is 86.4 Å². The number of aliphatic hydroxyl groups is 1. The fourth-order valence-corrected chi connectivity index (χ4v) is 1.31. The van der Waals surface area contributed by atoms with Crippen LogP contribution in [0.2, 0.25) is 0 Å². The van der Waals surface area contributed by atoms with Gasteiger partial charge in [0, 0.05) is 6.54 Å². The van der Waals surface area contributed by atoms with Crippen LogP contribution in [0.25, 0.3) is 0 Å². The second kappa shape index (κ2) is 4.18. The number of rotatable bonds is 4. The maximum atomic E-state index is 8.83. The molecule has 0 aliphatic heterocycles. The minimum atomic E-state index is -0.0968. The highest BCUT2D eigenvalue weighted by molar-refractivity contribution is 4.92. The van der Waals surface area contributed by atoms with E-state index in [1.807, 2.05) is 6.92 Å². The van der Waals surface area contributed by atoms with Crippen LogP contribution in [0.4, 0.5) is 0 Å². The van der Waals surface area contributed by atoms with E-state index in [0.29, 0.717) is 12.2 Å². The molecule has 0 saturated heterocycles. The van der Waals surface area contributed by atoms with Gasteiger partial charge in [-0.25, -0.2) is 14.3 Å². The van der Waals surface area contributed by atoms with E-state index in [-0.39, 0.29) is 6.61 Å². The fraction of sp³-hybridized carbons (Fsp3) is 0.500. The standard InChI is InChI=1S/C8H12N6O/c1-2-14-8(9-6-10-14)4-13-3-7(5-15)11-12-13/h3,6,15H,2,4-5H2,1H3. The Kier molecular flexibility index (Phi) is 2.72. The minimum Gasteiger partial charge on any atom is -0.390 e. The van der Waals surface area contributed by atoms with Gasteiger partial charge in [-0.1, -0.05) is 5.21 Å². The van der Waals surface area contributed by atoms with Crippen molar-refractivity contribution in [1.29, 1.82) is 0 Å². The van der Waals surface area contributed by atoms with Crippen molar-refractivity contribution in [1.82, 2.24) is 29.8 Å². The van der Waals surface area contributed by atoms with Crippen molar-refractivity contribution in [2.75, 3.05) is 0 Å². The average molecular weight is 208 g/mol. The van der Waals surface area contributed by atoms with Gasteiger partial charge in [-0.2, -0.15) is 5.10 Å². The summed E-state index contributed by atoms with van der Waals surface area (Å²) in [4.78, 5) is 4.12. The van der Waals surface area contributed by atoms with E-state index in [4.69, 9.17) is 5.11 Å². The van der Waals surface area contributed by atoms with Crippen LogP contribution in [0.1, 0.15) is 18.4 Å². The summed E-state index contributed by atoms with van der Waals surface area (Å²) in [5.74, 6) is 0.826. The van der Waals surface area contributed by atoms with E-state index in [2.05, 4.69) is 20.4 Å². The minimum absolute atomic E-state index is 0.0968. The van der Waals surface area contributed by atoms with Crippen molar-refractivity contribution < 1.29 is 5.11 Å². The summed E-state index contributed by atoms with van der Waals surface area (Å²) in [6, 6.07) is 0. The lowest BCUT2D eigenvalue weighted by molar-refractivity contribution is 0.276. The van der Waals surface area contributed by atoms with Crippen molar-refractivity contribution in [2.45, 2.75) is 26.6 Å². The zero-order chi connectivity index (χ0) is 10.7. The van der Waals surface area contributed by atoms with Gasteiger partial charge in [0.15, 0.2) is 0 Å². The molecule has 2 aromatic rings. The van der Waals surface area contributed by atoms with E-state index in [1.165, 1.54) is 6.33 Å². The van der Waals surface area contributed by atoms with Crippen molar-refractivity contribution in [3.05, 3.63) is 24.0 Å². The SMILES string of the molecule is CCn1ncnc1Cn1cc(CO)nn1. The van der Waals surface area contributed by atoms with Crippen molar-refractivity contribution >= 4 is 0 Å². The average Bonchev–Trinajstić information content (AvgIpc) is 2.87. The zero-order valence-corrected chi connectivity index (χ0v) is 8.41. The molecule has 0 aliphatic carbocycles. The molecule has 0 aromatic carbocycles. The number of aliphatic hydroxyl groups excluding tert-OH is 1. The van der Waals surface area contributed by atoms with Gasteiger partial charge in [-0.05, 0) is 6.92 Å². The molecule has 0 spiro atoms. The fourth-order valence-electron chi connectivity index (χ4n) is 1.31. The lowest BCUT2D eigenvalue weighted by Crippen LogP contribution is -2.09. The van der Waals surface area contributed by atoms with Gasteiger partial charge in [-0.3, -0.25) is 0 Å². The van der Waals surface area contributed by atoms with Gasteiger partial charge in [-0.15, -0.1) is 5.10 Å². The predicted octanol–water partition coefficient (Wildman–Crippen LogP) is -0.570. The van der Waals surface area contributed by atoms with Crippen LogP contribution in [0.3, 0.4) is 0 Å². The highest BCUT2D eigenvalue weighted by atomic mass is 16.3. The summed E-state index contributed by atoms with van der Waals surface area (Å²) in [6.45, 7) is 3.19. The van der Waals surface area contributed by atoms with E-state index in [1.54, 1.807) is 15.6 Å². The summed E-state index contributed by atoms with van der Waals surface area (Å²) in [5, 5.41) is 20.5. The van der Waals surface area contributed by atoms with Crippen LogP contribution in [-0.2, 0) is 19.7 Å². The van der Waals surface area contributed by atoms with Crippen molar-refractivity contribution in [2.24, 2.45) is 0 Å². The zero-order valence-electron chi connectivity index (χ0n) is 8.41. The van der Waals surface area contributed by atoms with Crippen LogP contribution < -0.4 is 0 Å². The summed E-state index contributed by atoms with van der Waals surface area (Å²) >= 11 is 0. The van der Waals surface area contributed by atoms with Crippen LogP contribution in [0.15, 0.2) is 12.5 Å². The highest BCUT2D eigenvalue weighted by Crippen LogP contribution is 1.99. The molecule has 0 fully saturated rings. The second-order valence-corrected chi connectivity index (χ2v) is 3.06. The van der Waals surface area contributed by atoms with E-state index in [0.717, 1.165) is 12.4 Å². The molecular formula is C8H12N6O. The Balaban J connectivity index is 2.14. The molecular weight excluding hydrogens is 196 g/mol.